The molecule has 2 rings (SSSR count). The number of rotatable bonds is 8. The molecule has 1 aliphatic heterocycles. The van der Waals surface area contributed by atoms with Crippen LogP contribution in [-0.2, 0) is 9.53 Å². The molecule has 0 aromatic heterocycles. The fraction of sp³-hybridized carbons (Fsp3) is 0.650. The van der Waals surface area contributed by atoms with Crippen molar-refractivity contribution in [2.24, 2.45) is 5.92 Å². The van der Waals surface area contributed by atoms with Crippen LogP contribution < -0.4 is 14.8 Å². The third-order valence-corrected chi connectivity index (χ3v) is 5.11. The third kappa shape index (κ3) is 5.61. The number of nitrogens with zero attached hydrogens (tertiary/aromatic N) is 1. The van der Waals surface area contributed by atoms with E-state index in [0.29, 0.717) is 23.1 Å². The summed E-state index contributed by atoms with van der Waals surface area (Å²) in [6.45, 7) is 4.67. The summed E-state index contributed by atoms with van der Waals surface area (Å²) >= 11 is 0. The molecule has 0 saturated carbocycles. The minimum absolute atomic E-state index is 0.00427. The van der Waals surface area contributed by atoms with Crippen LogP contribution in [0.25, 0.3) is 0 Å². The first-order valence-corrected chi connectivity index (χ1v) is 9.35. The van der Waals surface area contributed by atoms with E-state index in [1.54, 1.807) is 33.5 Å². The van der Waals surface area contributed by atoms with Crippen LogP contribution in [0.15, 0.2) is 18.2 Å². The number of nitrogens with one attached hydrogen (secondary N) is 1. The van der Waals surface area contributed by atoms with Crippen molar-refractivity contribution in [3.63, 3.8) is 0 Å². The Balaban J connectivity index is 1.99. The second-order valence-electron chi connectivity index (χ2n) is 6.87. The van der Waals surface area contributed by atoms with E-state index in [-0.39, 0.29) is 11.9 Å². The molecule has 146 valence electrons. The molecule has 0 radical (unpaired) electrons. The van der Waals surface area contributed by atoms with E-state index in [2.05, 4.69) is 10.2 Å². The Kier molecular flexibility index (Phi) is 8.19. The molecule has 2 atom stereocenters. The van der Waals surface area contributed by atoms with Crippen molar-refractivity contribution in [1.82, 2.24) is 4.90 Å². The molecule has 1 amide bonds. The molecule has 6 nitrogen and oxygen atoms in total. The van der Waals surface area contributed by atoms with E-state index >= 15 is 0 Å². The highest BCUT2D eigenvalue weighted by molar-refractivity contribution is 5.94. The van der Waals surface area contributed by atoms with E-state index in [4.69, 9.17) is 14.2 Å². The van der Waals surface area contributed by atoms with Gasteiger partial charge in [-0.15, -0.1) is 0 Å². The van der Waals surface area contributed by atoms with Crippen molar-refractivity contribution in [3.05, 3.63) is 18.2 Å². The molecular formula is C20H32N2O4. The number of anilines is 1. The number of hydrogen-bond acceptors (Lipinski definition) is 5. The first kappa shape index (κ1) is 20.5. The van der Waals surface area contributed by atoms with E-state index in [1.165, 1.54) is 12.8 Å². The highest BCUT2D eigenvalue weighted by Gasteiger charge is 2.26. The van der Waals surface area contributed by atoms with Gasteiger partial charge in [0, 0.05) is 32.0 Å². The Morgan fingerprint density at radius 3 is 2.69 bits per heavy atom. The number of carbonyl (C=O) groups is 1. The van der Waals surface area contributed by atoms with Crippen molar-refractivity contribution >= 4 is 11.6 Å². The van der Waals surface area contributed by atoms with Crippen LogP contribution in [0.3, 0.4) is 0 Å². The predicted octanol–water partition coefficient (Wildman–Crippen LogP) is 3.17. The van der Waals surface area contributed by atoms with Crippen LogP contribution in [-0.4, -0.2) is 57.9 Å². The zero-order chi connectivity index (χ0) is 18.9. The van der Waals surface area contributed by atoms with E-state index < -0.39 is 0 Å². The molecule has 1 fully saturated rings. The largest absolute Gasteiger partial charge is 0.493 e. The summed E-state index contributed by atoms with van der Waals surface area (Å²) in [6.07, 6.45) is 4.62. The van der Waals surface area contributed by atoms with Crippen molar-refractivity contribution in [1.29, 1.82) is 0 Å². The average molecular weight is 364 g/mol. The van der Waals surface area contributed by atoms with Gasteiger partial charge in [0.2, 0.25) is 5.91 Å². The maximum absolute atomic E-state index is 12.7. The van der Waals surface area contributed by atoms with Gasteiger partial charge in [0.05, 0.1) is 20.3 Å². The molecule has 26 heavy (non-hydrogen) atoms. The second kappa shape index (κ2) is 10.4. The van der Waals surface area contributed by atoms with Gasteiger partial charge >= 0.3 is 0 Å². The minimum Gasteiger partial charge on any atom is -0.493 e. The zero-order valence-corrected chi connectivity index (χ0v) is 16.4. The third-order valence-electron chi connectivity index (χ3n) is 5.11. The van der Waals surface area contributed by atoms with Crippen molar-refractivity contribution in [2.75, 3.05) is 46.3 Å². The standard InChI is InChI=1S/C20H32N2O4/c1-15(22-11-6-5-7-16(14-22)10-12-24-2)20(23)21-17-8-9-18(25-3)19(13-17)26-4/h8-9,13,15-16H,5-7,10-12,14H2,1-4H3,(H,21,23)/t15-,16+/m0/s1. The van der Waals surface area contributed by atoms with Crippen molar-refractivity contribution in [3.8, 4) is 11.5 Å². The maximum Gasteiger partial charge on any atom is 0.241 e. The Bertz CT molecular complexity index is 579. The first-order chi connectivity index (χ1) is 12.6. The average Bonchev–Trinajstić information content (AvgIpc) is 2.91. The molecule has 6 heteroatoms. The number of methoxy groups -OCH3 is 3. The minimum atomic E-state index is -0.175. The van der Waals surface area contributed by atoms with Gasteiger partial charge in [0.1, 0.15) is 0 Å². The maximum atomic E-state index is 12.7. The molecule has 1 aromatic carbocycles. The van der Waals surface area contributed by atoms with Crippen molar-refractivity contribution < 1.29 is 19.0 Å². The molecular weight excluding hydrogens is 332 g/mol. The van der Waals surface area contributed by atoms with Crippen LogP contribution in [0.1, 0.15) is 32.6 Å². The summed E-state index contributed by atoms with van der Waals surface area (Å²) in [5.41, 5.74) is 0.713. The zero-order valence-electron chi connectivity index (χ0n) is 16.4. The smallest absolute Gasteiger partial charge is 0.241 e. The Labute approximate surface area is 156 Å². The molecule has 1 N–H and O–H groups in total. The summed E-state index contributed by atoms with van der Waals surface area (Å²) in [4.78, 5) is 15.0. The van der Waals surface area contributed by atoms with Crippen LogP contribution in [0, 0.1) is 5.92 Å². The first-order valence-electron chi connectivity index (χ1n) is 9.35. The highest BCUT2D eigenvalue weighted by atomic mass is 16.5. The summed E-state index contributed by atoms with van der Waals surface area (Å²) in [7, 11) is 4.93. The van der Waals surface area contributed by atoms with Gasteiger partial charge < -0.3 is 19.5 Å². The van der Waals surface area contributed by atoms with E-state index in [0.717, 1.165) is 32.5 Å². The van der Waals surface area contributed by atoms with Gasteiger partial charge in [0.15, 0.2) is 11.5 Å². The van der Waals surface area contributed by atoms with Crippen LogP contribution in [0.4, 0.5) is 5.69 Å². The molecule has 1 aliphatic rings. The van der Waals surface area contributed by atoms with Gasteiger partial charge in [-0.2, -0.15) is 0 Å². The number of likely N-dealkylation sites (tertiary alicyclic amines) is 1. The van der Waals surface area contributed by atoms with Gasteiger partial charge in [-0.3, -0.25) is 9.69 Å². The number of ether oxygens (including phenoxy) is 3. The molecule has 1 heterocycles. The molecule has 0 spiro atoms. The molecule has 0 bridgehead atoms. The van der Waals surface area contributed by atoms with E-state index in [9.17, 15) is 4.79 Å². The van der Waals surface area contributed by atoms with E-state index in [1.807, 2.05) is 13.0 Å². The molecule has 0 unspecified atom stereocenters. The topological polar surface area (TPSA) is 60.0 Å². The Hall–Kier alpha value is -1.79. The number of carbonyl (C=O) groups excluding carboxylic acids is 1. The molecule has 0 aliphatic carbocycles. The van der Waals surface area contributed by atoms with Crippen LogP contribution in [0.5, 0.6) is 11.5 Å². The molecule has 1 aromatic rings. The predicted molar refractivity (Wildman–Crippen MR) is 103 cm³/mol. The van der Waals surface area contributed by atoms with Gasteiger partial charge in [-0.25, -0.2) is 0 Å². The van der Waals surface area contributed by atoms with Gasteiger partial charge in [0.25, 0.3) is 0 Å². The summed E-state index contributed by atoms with van der Waals surface area (Å²) in [6, 6.07) is 5.24. The fourth-order valence-corrected chi connectivity index (χ4v) is 3.46. The lowest BCUT2D eigenvalue weighted by Crippen LogP contribution is -2.44. The highest BCUT2D eigenvalue weighted by Crippen LogP contribution is 2.30. The quantitative estimate of drug-likeness (QED) is 0.768. The Morgan fingerprint density at radius 1 is 1.23 bits per heavy atom. The number of benzene rings is 1. The van der Waals surface area contributed by atoms with Crippen LogP contribution in [0.2, 0.25) is 0 Å². The number of amides is 1. The summed E-state index contributed by atoms with van der Waals surface area (Å²) in [5, 5.41) is 3.00. The SMILES string of the molecule is COCC[C@H]1CCCCN([C@@H](C)C(=O)Nc2ccc(OC)c(OC)c2)C1. The summed E-state index contributed by atoms with van der Waals surface area (Å²) < 4.78 is 15.8. The monoisotopic (exact) mass is 364 g/mol. The van der Waals surface area contributed by atoms with Crippen LogP contribution >= 0.6 is 0 Å². The van der Waals surface area contributed by atoms with Gasteiger partial charge in [-0.05, 0) is 50.8 Å². The fourth-order valence-electron chi connectivity index (χ4n) is 3.46. The summed E-state index contributed by atoms with van der Waals surface area (Å²) in [5.74, 6) is 1.85. The van der Waals surface area contributed by atoms with Crippen molar-refractivity contribution in [2.45, 2.75) is 38.6 Å². The lowest BCUT2D eigenvalue weighted by atomic mass is 10.00. The lowest BCUT2D eigenvalue weighted by Gasteiger charge is -2.29. The normalized spacial score (nSPS) is 19.5. The lowest BCUT2D eigenvalue weighted by molar-refractivity contribution is -0.120. The Morgan fingerprint density at radius 2 is 2.00 bits per heavy atom. The second-order valence-corrected chi connectivity index (χ2v) is 6.87. The van der Waals surface area contributed by atoms with Gasteiger partial charge in [-0.1, -0.05) is 6.42 Å². The molecule has 1 saturated heterocycles. The number of hydrogen-bond donors (Lipinski definition) is 1.